The molecule has 0 aromatic carbocycles. The summed E-state index contributed by atoms with van der Waals surface area (Å²) in [6, 6.07) is 0. The highest BCUT2D eigenvalue weighted by Gasteiger charge is 2.30. The van der Waals surface area contributed by atoms with E-state index in [2.05, 4.69) is 4.98 Å². The lowest BCUT2D eigenvalue weighted by Crippen LogP contribution is -2.48. The molecule has 1 N–H and O–H groups in total. The van der Waals surface area contributed by atoms with Crippen LogP contribution in [-0.2, 0) is 16.0 Å². The number of aliphatic carboxylic acids is 1. The van der Waals surface area contributed by atoms with Crippen molar-refractivity contribution in [2.75, 3.05) is 19.7 Å². The zero-order valence-corrected chi connectivity index (χ0v) is 10.8. The van der Waals surface area contributed by atoms with Crippen LogP contribution in [0.3, 0.4) is 0 Å². The van der Waals surface area contributed by atoms with Gasteiger partial charge in [0.2, 0.25) is 0 Å². The molecular formula is C11H14N2O4S. The van der Waals surface area contributed by atoms with Gasteiger partial charge in [-0.1, -0.05) is 6.92 Å². The van der Waals surface area contributed by atoms with Crippen molar-refractivity contribution in [1.82, 2.24) is 9.88 Å². The number of amides is 1. The quantitative estimate of drug-likeness (QED) is 0.871. The van der Waals surface area contributed by atoms with E-state index in [-0.39, 0.29) is 19.1 Å². The molecule has 1 saturated heterocycles. The number of carbonyl (C=O) groups excluding carboxylic acids is 1. The summed E-state index contributed by atoms with van der Waals surface area (Å²) in [4.78, 5) is 29.2. The molecular weight excluding hydrogens is 256 g/mol. The third-order valence-electron chi connectivity index (χ3n) is 2.70. The van der Waals surface area contributed by atoms with Crippen molar-refractivity contribution < 1.29 is 19.4 Å². The molecule has 1 fully saturated rings. The van der Waals surface area contributed by atoms with E-state index in [0.717, 1.165) is 11.4 Å². The zero-order valence-electron chi connectivity index (χ0n) is 9.96. The summed E-state index contributed by atoms with van der Waals surface area (Å²) in [6.07, 6.45) is 1.41. The van der Waals surface area contributed by atoms with Crippen LogP contribution in [0, 0.1) is 0 Å². The normalized spacial score (nSPS) is 19.8. The first-order chi connectivity index (χ1) is 8.61. The van der Waals surface area contributed by atoms with Gasteiger partial charge in [-0.25, -0.2) is 9.78 Å². The van der Waals surface area contributed by atoms with Crippen molar-refractivity contribution in [3.8, 4) is 0 Å². The standard InChI is InChI=1S/C11H14N2O4S/c1-2-9-12-5-8(18-9)10(14)13-3-4-17-7(6-13)11(15)16/h5,7H,2-4,6H2,1H3,(H,15,16). The molecule has 6 nitrogen and oxygen atoms in total. The number of carboxylic acids is 1. The van der Waals surface area contributed by atoms with Gasteiger partial charge in [0, 0.05) is 6.54 Å². The number of hydrogen-bond donors (Lipinski definition) is 1. The molecule has 1 unspecified atom stereocenters. The van der Waals surface area contributed by atoms with Crippen molar-refractivity contribution in [2.45, 2.75) is 19.4 Å². The first kappa shape index (κ1) is 13.0. The van der Waals surface area contributed by atoms with Gasteiger partial charge in [-0.15, -0.1) is 11.3 Å². The van der Waals surface area contributed by atoms with E-state index in [4.69, 9.17) is 9.84 Å². The molecule has 7 heteroatoms. The van der Waals surface area contributed by atoms with Crippen LogP contribution in [0.4, 0.5) is 0 Å². The molecule has 18 heavy (non-hydrogen) atoms. The smallest absolute Gasteiger partial charge is 0.334 e. The van der Waals surface area contributed by atoms with Crippen molar-refractivity contribution >= 4 is 23.2 Å². The maximum Gasteiger partial charge on any atom is 0.334 e. The molecule has 2 heterocycles. The van der Waals surface area contributed by atoms with Gasteiger partial charge < -0.3 is 14.7 Å². The average molecular weight is 270 g/mol. The molecule has 98 valence electrons. The fourth-order valence-corrected chi connectivity index (χ4v) is 2.54. The average Bonchev–Trinajstić information content (AvgIpc) is 2.86. The summed E-state index contributed by atoms with van der Waals surface area (Å²) in [5.41, 5.74) is 0. The van der Waals surface area contributed by atoms with E-state index in [9.17, 15) is 9.59 Å². The predicted octanol–water partition coefficient (Wildman–Crippen LogP) is 0.631. The summed E-state index contributed by atoms with van der Waals surface area (Å²) in [7, 11) is 0. The maximum absolute atomic E-state index is 12.1. The van der Waals surface area contributed by atoms with Crippen molar-refractivity contribution in [3.05, 3.63) is 16.1 Å². The highest BCUT2D eigenvalue weighted by atomic mass is 32.1. The van der Waals surface area contributed by atoms with Crippen LogP contribution in [0.25, 0.3) is 0 Å². The third-order valence-corrected chi connectivity index (χ3v) is 3.83. The van der Waals surface area contributed by atoms with Gasteiger partial charge in [0.1, 0.15) is 4.88 Å². The Labute approximate surface area is 108 Å². The summed E-state index contributed by atoms with van der Waals surface area (Å²) in [5, 5.41) is 9.78. The number of rotatable bonds is 3. The van der Waals surface area contributed by atoms with Gasteiger partial charge in [0.05, 0.1) is 24.4 Å². The van der Waals surface area contributed by atoms with Crippen molar-refractivity contribution in [3.63, 3.8) is 0 Å². The Kier molecular flexibility index (Phi) is 3.93. The number of thiazole rings is 1. The largest absolute Gasteiger partial charge is 0.479 e. The van der Waals surface area contributed by atoms with E-state index in [1.165, 1.54) is 16.2 Å². The number of nitrogens with zero attached hydrogens (tertiary/aromatic N) is 2. The van der Waals surface area contributed by atoms with Gasteiger partial charge in [-0.2, -0.15) is 0 Å². The molecule has 1 amide bonds. The first-order valence-corrected chi connectivity index (χ1v) is 6.52. The van der Waals surface area contributed by atoms with Gasteiger partial charge in [-0.05, 0) is 6.42 Å². The Morgan fingerprint density at radius 2 is 2.44 bits per heavy atom. The topological polar surface area (TPSA) is 79.7 Å². The minimum absolute atomic E-state index is 0.0908. The van der Waals surface area contributed by atoms with Gasteiger partial charge >= 0.3 is 5.97 Å². The van der Waals surface area contributed by atoms with Crippen molar-refractivity contribution in [1.29, 1.82) is 0 Å². The third kappa shape index (κ3) is 2.68. The van der Waals surface area contributed by atoms with Gasteiger partial charge in [0.25, 0.3) is 5.91 Å². The lowest BCUT2D eigenvalue weighted by atomic mass is 10.2. The van der Waals surface area contributed by atoms with E-state index >= 15 is 0 Å². The molecule has 2 rings (SSSR count). The lowest BCUT2D eigenvalue weighted by Gasteiger charge is -2.30. The Morgan fingerprint density at radius 3 is 3.06 bits per heavy atom. The second-order valence-corrected chi connectivity index (χ2v) is 5.04. The second kappa shape index (κ2) is 5.45. The Hall–Kier alpha value is -1.47. The van der Waals surface area contributed by atoms with Crippen LogP contribution in [-0.4, -0.2) is 52.7 Å². The molecule has 1 aliphatic heterocycles. The summed E-state index contributed by atoms with van der Waals surface area (Å²) >= 11 is 1.35. The molecule has 0 aliphatic carbocycles. The highest BCUT2D eigenvalue weighted by Crippen LogP contribution is 2.17. The summed E-state index contributed by atoms with van der Waals surface area (Å²) < 4.78 is 5.08. The minimum Gasteiger partial charge on any atom is -0.479 e. The highest BCUT2D eigenvalue weighted by molar-refractivity contribution is 7.13. The molecule has 0 saturated carbocycles. The fraction of sp³-hybridized carbons (Fsp3) is 0.545. The maximum atomic E-state index is 12.1. The minimum atomic E-state index is -1.04. The number of morpholine rings is 1. The van der Waals surface area contributed by atoms with Crippen LogP contribution >= 0.6 is 11.3 Å². The molecule has 0 spiro atoms. The van der Waals surface area contributed by atoms with Gasteiger partial charge in [-0.3, -0.25) is 4.79 Å². The van der Waals surface area contributed by atoms with E-state index in [1.807, 2.05) is 6.92 Å². The zero-order chi connectivity index (χ0) is 13.1. The molecule has 1 aromatic rings. The Balaban J connectivity index is 2.06. The Bertz CT molecular complexity index is 460. The SMILES string of the molecule is CCc1ncc(C(=O)N2CCOC(C(=O)O)C2)s1. The molecule has 1 aromatic heterocycles. The van der Waals surface area contributed by atoms with E-state index < -0.39 is 12.1 Å². The molecule has 0 bridgehead atoms. The van der Waals surface area contributed by atoms with E-state index in [0.29, 0.717) is 11.4 Å². The van der Waals surface area contributed by atoms with Crippen molar-refractivity contribution in [2.24, 2.45) is 0 Å². The molecule has 1 atom stereocenters. The first-order valence-electron chi connectivity index (χ1n) is 5.70. The fourth-order valence-electron chi connectivity index (χ4n) is 1.71. The number of hydrogen-bond acceptors (Lipinski definition) is 5. The Morgan fingerprint density at radius 1 is 1.67 bits per heavy atom. The number of carboxylic acid groups (broad SMARTS) is 1. The van der Waals surface area contributed by atoms with Gasteiger partial charge in [0.15, 0.2) is 6.10 Å². The summed E-state index contributed by atoms with van der Waals surface area (Å²) in [6.45, 7) is 2.74. The van der Waals surface area contributed by atoms with E-state index in [1.54, 1.807) is 6.20 Å². The number of carbonyl (C=O) groups is 2. The predicted molar refractivity (Wildman–Crippen MR) is 64.8 cm³/mol. The van der Waals surface area contributed by atoms with Crippen LogP contribution in [0.1, 0.15) is 21.6 Å². The summed E-state index contributed by atoms with van der Waals surface area (Å²) in [5.74, 6) is -1.20. The van der Waals surface area contributed by atoms with Crippen LogP contribution in [0.15, 0.2) is 6.20 Å². The van der Waals surface area contributed by atoms with Crippen LogP contribution in [0.5, 0.6) is 0 Å². The van der Waals surface area contributed by atoms with Crippen LogP contribution < -0.4 is 0 Å². The number of ether oxygens (including phenoxy) is 1. The molecule has 1 aliphatic rings. The van der Waals surface area contributed by atoms with Crippen LogP contribution in [0.2, 0.25) is 0 Å². The monoisotopic (exact) mass is 270 g/mol. The number of aromatic nitrogens is 1. The lowest BCUT2D eigenvalue weighted by molar-refractivity contribution is -0.154. The molecule has 0 radical (unpaired) electrons. The number of aryl methyl sites for hydroxylation is 1. The second-order valence-electron chi connectivity index (χ2n) is 3.92.